The Morgan fingerprint density at radius 1 is 0.522 bits per heavy atom. The lowest BCUT2D eigenvalue weighted by Gasteiger charge is -2.48. The molecule has 3 aliphatic rings. The van der Waals surface area contributed by atoms with Crippen molar-refractivity contribution in [1.29, 1.82) is 0 Å². The molecule has 3 fully saturated rings. The van der Waals surface area contributed by atoms with Gasteiger partial charge in [0.25, 0.3) is 0 Å². The van der Waals surface area contributed by atoms with E-state index in [9.17, 15) is 61.0 Å². The summed E-state index contributed by atoms with van der Waals surface area (Å²) in [7, 11) is 0. The average Bonchev–Trinajstić information content (AvgIpc) is 3.34. The van der Waals surface area contributed by atoms with E-state index in [1.54, 1.807) is 6.08 Å². The van der Waals surface area contributed by atoms with Gasteiger partial charge in [0.05, 0.1) is 38.6 Å². The summed E-state index contributed by atoms with van der Waals surface area (Å²) in [5.41, 5.74) is 0. The van der Waals surface area contributed by atoms with E-state index in [0.717, 1.165) is 44.9 Å². The highest BCUT2D eigenvalue weighted by Gasteiger charge is 2.53. The molecular formula is C50H89NO18. The third kappa shape index (κ3) is 21.2. The number of allylic oxidation sites excluding steroid dienone is 5. The number of rotatable bonds is 35. The molecule has 0 aromatic carbocycles. The Morgan fingerprint density at radius 3 is 1.43 bits per heavy atom. The number of aliphatic hydroxyl groups is 11. The molecule has 3 heterocycles. The molecule has 0 aliphatic carbocycles. The molecule has 3 rings (SSSR count). The Bertz CT molecular complexity index is 1420. The van der Waals surface area contributed by atoms with Gasteiger partial charge >= 0.3 is 0 Å². The van der Waals surface area contributed by atoms with Crippen LogP contribution >= 0.6 is 0 Å². The van der Waals surface area contributed by atoms with Gasteiger partial charge in [0.2, 0.25) is 5.91 Å². The lowest BCUT2D eigenvalue weighted by atomic mass is 9.96. The first-order valence-corrected chi connectivity index (χ1v) is 25.7. The Kier molecular flexibility index (Phi) is 31.3. The molecule has 0 spiro atoms. The van der Waals surface area contributed by atoms with Crippen molar-refractivity contribution >= 4 is 5.91 Å². The second kappa shape index (κ2) is 35.2. The van der Waals surface area contributed by atoms with Gasteiger partial charge in [-0.15, -0.1) is 0 Å². The van der Waals surface area contributed by atoms with E-state index >= 15 is 0 Å². The lowest BCUT2D eigenvalue weighted by Crippen LogP contribution is -2.66. The lowest BCUT2D eigenvalue weighted by molar-refractivity contribution is -0.379. The van der Waals surface area contributed by atoms with E-state index in [-0.39, 0.29) is 18.9 Å². The van der Waals surface area contributed by atoms with E-state index in [1.165, 1.54) is 64.2 Å². The molecule has 17 unspecified atom stereocenters. The Labute approximate surface area is 409 Å². The first-order chi connectivity index (χ1) is 33.3. The number of nitrogens with one attached hydrogen (secondary N) is 1. The number of unbranched alkanes of at least 4 members (excludes halogenated alkanes) is 15. The van der Waals surface area contributed by atoms with Gasteiger partial charge in [0.1, 0.15) is 73.2 Å². The molecule has 0 saturated carbocycles. The number of amides is 1. The van der Waals surface area contributed by atoms with E-state index in [0.29, 0.717) is 12.8 Å². The van der Waals surface area contributed by atoms with Gasteiger partial charge in [-0.3, -0.25) is 4.79 Å². The molecule has 12 N–H and O–H groups in total. The minimum atomic E-state index is -1.98. The molecule has 69 heavy (non-hydrogen) atoms. The summed E-state index contributed by atoms with van der Waals surface area (Å²) in [6.07, 6.45) is 5.98. The van der Waals surface area contributed by atoms with Crippen LogP contribution < -0.4 is 5.32 Å². The first-order valence-electron chi connectivity index (χ1n) is 25.7. The zero-order valence-electron chi connectivity index (χ0n) is 41.0. The van der Waals surface area contributed by atoms with Crippen molar-refractivity contribution in [3.63, 3.8) is 0 Å². The molecule has 3 saturated heterocycles. The van der Waals surface area contributed by atoms with Crippen LogP contribution in [0.4, 0.5) is 0 Å². The van der Waals surface area contributed by atoms with Crippen molar-refractivity contribution in [3.05, 3.63) is 36.5 Å². The van der Waals surface area contributed by atoms with Crippen molar-refractivity contribution < 1.29 is 89.4 Å². The fourth-order valence-corrected chi connectivity index (χ4v) is 8.64. The van der Waals surface area contributed by atoms with Crippen LogP contribution in [0.15, 0.2) is 36.5 Å². The number of ether oxygens (including phenoxy) is 6. The quantitative estimate of drug-likeness (QED) is 0.0318. The maximum absolute atomic E-state index is 13.2. The van der Waals surface area contributed by atoms with Gasteiger partial charge in [-0.05, 0) is 38.5 Å². The van der Waals surface area contributed by atoms with Crippen molar-refractivity contribution in [2.24, 2.45) is 0 Å². The fraction of sp³-hybridized carbons (Fsp3) is 0.860. The third-order valence-corrected chi connectivity index (χ3v) is 12.9. The minimum Gasteiger partial charge on any atom is -0.394 e. The van der Waals surface area contributed by atoms with Gasteiger partial charge in [0, 0.05) is 6.42 Å². The highest BCUT2D eigenvalue weighted by Crippen LogP contribution is 2.33. The molecule has 0 aromatic rings. The molecule has 3 aliphatic heterocycles. The number of carbonyl (C=O) groups is 1. The van der Waals surface area contributed by atoms with Crippen LogP contribution in [0, 0.1) is 0 Å². The van der Waals surface area contributed by atoms with Crippen LogP contribution in [0.5, 0.6) is 0 Å². The van der Waals surface area contributed by atoms with E-state index in [2.05, 4.69) is 43.5 Å². The van der Waals surface area contributed by atoms with E-state index < -0.39 is 124 Å². The maximum atomic E-state index is 13.2. The van der Waals surface area contributed by atoms with Crippen LogP contribution in [0.2, 0.25) is 0 Å². The summed E-state index contributed by atoms with van der Waals surface area (Å²) < 4.78 is 34.0. The maximum Gasteiger partial charge on any atom is 0.220 e. The Hall–Kier alpha value is -1.99. The summed E-state index contributed by atoms with van der Waals surface area (Å²) in [6, 6.07) is -0.989. The zero-order valence-corrected chi connectivity index (χ0v) is 41.0. The molecule has 1 amide bonds. The highest BCUT2D eigenvalue weighted by atomic mass is 16.8. The Balaban J connectivity index is 1.56. The number of carbonyl (C=O) groups excluding carboxylic acids is 1. The predicted octanol–water partition coefficient (Wildman–Crippen LogP) is 1.81. The molecule has 402 valence electrons. The van der Waals surface area contributed by atoms with Gasteiger partial charge in [0.15, 0.2) is 18.9 Å². The van der Waals surface area contributed by atoms with Gasteiger partial charge < -0.3 is 89.9 Å². The topological polar surface area (TPSA) is 307 Å². The minimum absolute atomic E-state index is 0.234. The molecule has 19 heteroatoms. The SMILES string of the molecule is CC/C=C/CC/C=C/CC/C=C/C(O)C(COC1OC(CO)C(OC2OC(CO)C(OC3OC(CO)C(O)C(O)C3O)C(O)C2O)C(O)C1O)NC(=O)CCCCCCCCCCCCCCCC. The molecule has 0 aromatic heterocycles. The van der Waals surface area contributed by atoms with E-state index in [4.69, 9.17) is 28.4 Å². The summed E-state index contributed by atoms with van der Waals surface area (Å²) in [4.78, 5) is 13.2. The standard InChI is InChI=1S/C50H89NO18/c1-3-5-7-9-11-13-15-16-17-18-20-22-24-26-28-38(56)51-33(34(55)27-25-23-21-19-14-12-10-8-6-4-2)32-64-48-44(62)41(59)46(36(30-53)66-48)69-50-45(63)42(60)47(37(31-54)67-50)68-49-43(61)40(58)39(57)35(29-52)65-49/h6,8,14,19,25,27,33-37,39-50,52-55,57-63H,3-5,7,9-13,15-18,20-24,26,28-32H2,1-2H3,(H,51,56)/b8-6+,19-14+,27-25+. The van der Waals surface area contributed by atoms with Crippen LogP contribution in [0.1, 0.15) is 142 Å². The van der Waals surface area contributed by atoms with Crippen LogP contribution in [0.25, 0.3) is 0 Å². The molecule has 0 radical (unpaired) electrons. The zero-order chi connectivity index (χ0) is 50.6. The van der Waals surface area contributed by atoms with Gasteiger partial charge in [-0.2, -0.15) is 0 Å². The monoisotopic (exact) mass is 992 g/mol. The second-order valence-corrected chi connectivity index (χ2v) is 18.6. The van der Waals surface area contributed by atoms with Crippen LogP contribution in [-0.2, 0) is 33.2 Å². The fourth-order valence-electron chi connectivity index (χ4n) is 8.64. The third-order valence-electron chi connectivity index (χ3n) is 12.9. The predicted molar refractivity (Wildman–Crippen MR) is 254 cm³/mol. The van der Waals surface area contributed by atoms with Crippen molar-refractivity contribution in [3.8, 4) is 0 Å². The number of aliphatic hydroxyl groups excluding tert-OH is 11. The molecular weight excluding hydrogens is 903 g/mol. The number of hydrogen-bond donors (Lipinski definition) is 12. The first kappa shape index (κ1) is 61.3. The Morgan fingerprint density at radius 2 is 0.942 bits per heavy atom. The van der Waals surface area contributed by atoms with Crippen molar-refractivity contribution in [1.82, 2.24) is 5.32 Å². The number of hydrogen-bond acceptors (Lipinski definition) is 18. The molecule has 19 nitrogen and oxygen atoms in total. The smallest absolute Gasteiger partial charge is 0.220 e. The average molecular weight is 992 g/mol. The van der Waals surface area contributed by atoms with E-state index in [1.807, 2.05) is 6.08 Å². The van der Waals surface area contributed by atoms with Crippen molar-refractivity contribution in [2.45, 2.75) is 247 Å². The molecule has 0 bridgehead atoms. The normalized spacial score (nSPS) is 33.1. The van der Waals surface area contributed by atoms with Crippen LogP contribution in [-0.4, -0.2) is 193 Å². The van der Waals surface area contributed by atoms with Crippen molar-refractivity contribution in [2.75, 3.05) is 26.4 Å². The largest absolute Gasteiger partial charge is 0.394 e. The van der Waals surface area contributed by atoms with Gasteiger partial charge in [-0.1, -0.05) is 134 Å². The highest BCUT2D eigenvalue weighted by molar-refractivity contribution is 5.76. The van der Waals surface area contributed by atoms with Crippen LogP contribution in [0.3, 0.4) is 0 Å². The summed E-state index contributed by atoms with van der Waals surface area (Å²) in [5, 5.41) is 119. The second-order valence-electron chi connectivity index (χ2n) is 18.6. The summed E-state index contributed by atoms with van der Waals surface area (Å²) in [5.74, 6) is -0.294. The summed E-state index contributed by atoms with van der Waals surface area (Å²) in [6.45, 7) is 1.52. The molecule has 17 atom stereocenters. The summed E-state index contributed by atoms with van der Waals surface area (Å²) >= 11 is 0. The van der Waals surface area contributed by atoms with Gasteiger partial charge in [-0.25, -0.2) is 0 Å².